The average Bonchev–Trinajstić information content (AvgIpc) is 3.08. The molecule has 1 heterocycles. The smallest absolute Gasteiger partial charge is 0.144 e. The highest BCUT2D eigenvalue weighted by Crippen LogP contribution is 2.61. The van der Waals surface area contributed by atoms with Gasteiger partial charge in [-0.3, -0.25) is 4.98 Å². The van der Waals surface area contributed by atoms with Gasteiger partial charge in [0.15, 0.2) is 0 Å². The Labute approximate surface area is 84.0 Å². The van der Waals surface area contributed by atoms with E-state index in [2.05, 4.69) is 15.3 Å². The van der Waals surface area contributed by atoms with Gasteiger partial charge >= 0.3 is 0 Å². The van der Waals surface area contributed by atoms with Gasteiger partial charge in [-0.2, -0.15) is 0 Å². The normalized spacial score (nSPS) is 23.1. The van der Waals surface area contributed by atoms with Gasteiger partial charge in [0.05, 0.1) is 6.20 Å². The van der Waals surface area contributed by atoms with E-state index in [9.17, 15) is 0 Å². The molecule has 0 aliphatic heterocycles. The molecule has 1 aromatic rings. The third kappa shape index (κ3) is 1.47. The van der Waals surface area contributed by atoms with E-state index < -0.39 is 0 Å². The second-order valence-corrected chi connectivity index (χ2v) is 4.58. The van der Waals surface area contributed by atoms with Crippen LogP contribution in [-0.2, 0) is 0 Å². The highest BCUT2D eigenvalue weighted by molar-refractivity contribution is 5.31. The quantitative estimate of drug-likeness (QED) is 0.788. The number of hydrogen-bond acceptors (Lipinski definition) is 3. The fourth-order valence-corrected chi connectivity index (χ4v) is 2.24. The monoisotopic (exact) mass is 189 g/mol. The number of rotatable bonds is 4. The van der Waals surface area contributed by atoms with Crippen molar-refractivity contribution in [1.82, 2.24) is 9.97 Å². The molecule has 0 spiro atoms. The van der Waals surface area contributed by atoms with E-state index in [-0.39, 0.29) is 0 Å². The Kier molecular flexibility index (Phi) is 1.72. The van der Waals surface area contributed by atoms with Gasteiger partial charge in [-0.1, -0.05) is 0 Å². The van der Waals surface area contributed by atoms with Crippen LogP contribution in [0.15, 0.2) is 18.6 Å². The van der Waals surface area contributed by atoms with Crippen LogP contribution in [0.3, 0.4) is 0 Å². The van der Waals surface area contributed by atoms with Crippen LogP contribution in [0.25, 0.3) is 0 Å². The predicted octanol–water partition coefficient (Wildman–Crippen LogP) is 2.08. The fourth-order valence-electron chi connectivity index (χ4n) is 2.24. The first-order chi connectivity index (χ1) is 6.89. The summed E-state index contributed by atoms with van der Waals surface area (Å²) < 4.78 is 0. The van der Waals surface area contributed by atoms with E-state index in [0.29, 0.717) is 5.41 Å². The number of anilines is 1. The van der Waals surface area contributed by atoms with Gasteiger partial charge in [-0.25, -0.2) is 4.98 Å². The molecule has 2 aliphatic rings. The van der Waals surface area contributed by atoms with Crippen LogP contribution >= 0.6 is 0 Å². The van der Waals surface area contributed by atoms with Gasteiger partial charge in [-0.05, 0) is 37.0 Å². The molecular formula is C11H15N3. The lowest BCUT2D eigenvalue weighted by Crippen LogP contribution is -2.17. The van der Waals surface area contributed by atoms with Gasteiger partial charge < -0.3 is 5.32 Å². The zero-order valence-electron chi connectivity index (χ0n) is 8.24. The maximum absolute atomic E-state index is 4.22. The maximum Gasteiger partial charge on any atom is 0.144 e. The summed E-state index contributed by atoms with van der Waals surface area (Å²) in [4.78, 5) is 8.26. The first-order valence-corrected chi connectivity index (χ1v) is 5.39. The third-order valence-corrected chi connectivity index (χ3v) is 3.52. The van der Waals surface area contributed by atoms with Crippen molar-refractivity contribution in [1.29, 1.82) is 0 Å². The molecule has 14 heavy (non-hydrogen) atoms. The number of nitrogens with one attached hydrogen (secondary N) is 1. The summed E-state index contributed by atoms with van der Waals surface area (Å²) in [5.41, 5.74) is 0.636. The van der Waals surface area contributed by atoms with Crippen molar-refractivity contribution in [3.8, 4) is 0 Å². The molecule has 0 amide bonds. The highest BCUT2D eigenvalue weighted by atomic mass is 15.0. The molecule has 0 atom stereocenters. The summed E-state index contributed by atoms with van der Waals surface area (Å²) in [6.07, 6.45) is 10.9. The largest absolute Gasteiger partial charge is 0.368 e. The van der Waals surface area contributed by atoms with E-state index in [1.54, 1.807) is 18.6 Å². The van der Waals surface area contributed by atoms with Crippen molar-refractivity contribution in [3.05, 3.63) is 18.6 Å². The fraction of sp³-hybridized carbons (Fsp3) is 0.636. The molecule has 3 nitrogen and oxygen atoms in total. The lowest BCUT2D eigenvalue weighted by molar-refractivity contribution is 0.466. The van der Waals surface area contributed by atoms with Gasteiger partial charge in [-0.15, -0.1) is 0 Å². The van der Waals surface area contributed by atoms with Gasteiger partial charge in [0.1, 0.15) is 5.82 Å². The summed E-state index contributed by atoms with van der Waals surface area (Å²) in [6, 6.07) is 0. The Bertz CT molecular complexity index is 315. The van der Waals surface area contributed by atoms with Gasteiger partial charge in [0.25, 0.3) is 0 Å². The molecule has 2 saturated carbocycles. The van der Waals surface area contributed by atoms with E-state index in [4.69, 9.17) is 0 Å². The number of nitrogens with zero attached hydrogens (tertiary/aromatic N) is 2. The van der Waals surface area contributed by atoms with Crippen LogP contribution in [0.4, 0.5) is 5.82 Å². The first kappa shape index (κ1) is 8.21. The Hall–Kier alpha value is -1.12. The zero-order valence-corrected chi connectivity index (χ0v) is 8.24. The molecule has 1 N–H and O–H groups in total. The van der Waals surface area contributed by atoms with Crippen molar-refractivity contribution in [3.63, 3.8) is 0 Å². The topological polar surface area (TPSA) is 37.8 Å². The molecule has 1 aromatic heterocycles. The summed E-state index contributed by atoms with van der Waals surface area (Å²) >= 11 is 0. The van der Waals surface area contributed by atoms with Crippen LogP contribution in [-0.4, -0.2) is 16.5 Å². The molecule has 3 heteroatoms. The lowest BCUT2D eigenvalue weighted by atomic mass is 10.0. The molecule has 0 saturated heterocycles. The summed E-state index contributed by atoms with van der Waals surface area (Å²) in [7, 11) is 0. The minimum Gasteiger partial charge on any atom is -0.368 e. The highest BCUT2D eigenvalue weighted by Gasteiger charge is 2.53. The van der Waals surface area contributed by atoms with Crippen LogP contribution in [0.2, 0.25) is 0 Å². The third-order valence-electron chi connectivity index (χ3n) is 3.52. The lowest BCUT2D eigenvalue weighted by Gasteiger charge is -2.14. The number of hydrogen-bond donors (Lipinski definition) is 1. The van der Waals surface area contributed by atoms with E-state index in [0.717, 1.165) is 18.3 Å². The van der Waals surface area contributed by atoms with Gasteiger partial charge in [0, 0.05) is 18.9 Å². The molecule has 0 unspecified atom stereocenters. The number of aromatic nitrogens is 2. The SMILES string of the molecule is c1cnc(NCC2(C3CC3)CC2)cn1. The minimum absolute atomic E-state index is 0.636. The van der Waals surface area contributed by atoms with Crippen molar-refractivity contribution in [2.24, 2.45) is 11.3 Å². The standard InChI is InChI=1S/C11H15N3/c1-2-9(1)11(3-4-11)8-14-10-7-12-5-6-13-10/h5-7,9H,1-4,8H2,(H,13,14). The molecule has 2 fully saturated rings. The average molecular weight is 189 g/mol. The van der Waals surface area contributed by atoms with Crippen molar-refractivity contribution >= 4 is 5.82 Å². The van der Waals surface area contributed by atoms with Crippen molar-refractivity contribution in [2.75, 3.05) is 11.9 Å². The Morgan fingerprint density at radius 3 is 2.79 bits per heavy atom. The van der Waals surface area contributed by atoms with Crippen LogP contribution in [0.1, 0.15) is 25.7 Å². The van der Waals surface area contributed by atoms with Crippen molar-refractivity contribution < 1.29 is 0 Å². The summed E-state index contributed by atoms with van der Waals surface area (Å²) in [6.45, 7) is 1.09. The molecule has 0 bridgehead atoms. The second kappa shape index (κ2) is 2.94. The van der Waals surface area contributed by atoms with E-state index in [1.165, 1.54) is 25.7 Å². The van der Waals surface area contributed by atoms with Crippen LogP contribution in [0, 0.1) is 11.3 Å². The molecular weight excluding hydrogens is 174 g/mol. The molecule has 0 aromatic carbocycles. The first-order valence-electron chi connectivity index (χ1n) is 5.39. The molecule has 74 valence electrons. The molecule has 0 radical (unpaired) electrons. The second-order valence-electron chi connectivity index (χ2n) is 4.58. The van der Waals surface area contributed by atoms with Gasteiger partial charge in [0.2, 0.25) is 0 Å². The minimum atomic E-state index is 0.636. The van der Waals surface area contributed by atoms with Crippen LogP contribution < -0.4 is 5.32 Å². The van der Waals surface area contributed by atoms with Crippen molar-refractivity contribution in [2.45, 2.75) is 25.7 Å². The zero-order chi connectivity index (χ0) is 9.43. The predicted molar refractivity (Wildman–Crippen MR) is 54.9 cm³/mol. The molecule has 3 rings (SSSR count). The Morgan fingerprint density at radius 1 is 1.36 bits per heavy atom. The Morgan fingerprint density at radius 2 is 2.21 bits per heavy atom. The summed E-state index contributed by atoms with van der Waals surface area (Å²) in [5.74, 6) is 1.92. The summed E-state index contributed by atoms with van der Waals surface area (Å²) in [5, 5.41) is 3.40. The maximum atomic E-state index is 4.22. The van der Waals surface area contributed by atoms with E-state index in [1.807, 2.05) is 0 Å². The molecule has 2 aliphatic carbocycles. The van der Waals surface area contributed by atoms with E-state index >= 15 is 0 Å². The van der Waals surface area contributed by atoms with Crippen LogP contribution in [0.5, 0.6) is 0 Å². The Balaban J connectivity index is 1.59.